The first-order valence-corrected chi connectivity index (χ1v) is 6.54. The Hall–Kier alpha value is -1.88. The number of carboxylic acid groups (broad SMARTS) is 1. The van der Waals surface area contributed by atoms with Crippen molar-refractivity contribution >= 4 is 11.9 Å². The summed E-state index contributed by atoms with van der Waals surface area (Å²) >= 11 is 0. The van der Waals surface area contributed by atoms with Crippen LogP contribution in [0.1, 0.15) is 25.8 Å². The smallest absolute Gasteiger partial charge is 0.314 e. The number of carbonyl (C=O) groups excluding carboxylic acids is 1. The zero-order chi connectivity index (χ0) is 15.0. The highest BCUT2D eigenvalue weighted by molar-refractivity contribution is 5.89. The van der Waals surface area contributed by atoms with Gasteiger partial charge in [-0.25, -0.2) is 0 Å². The Labute approximate surface area is 117 Å². The first kappa shape index (κ1) is 14.5. The number of carboxylic acids is 1. The zero-order valence-electron chi connectivity index (χ0n) is 11.7. The van der Waals surface area contributed by atoms with Crippen molar-refractivity contribution in [3.63, 3.8) is 0 Å². The molecular formula is C15H19NO4. The molecule has 1 saturated heterocycles. The second kappa shape index (κ2) is 4.90. The number of carbonyl (C=O) groups is 2. The highest BCUT2D eigenvalue weighted by Gasteiger charge is 2.44. The van der Waals surface area contributed by atoms with Gasteiger partial charge in [0.05, 0.1) is 24.1 Å². The summed E-state index contributed by atoms with van der Waals surface area (Å²) in [6.45, 7) is 3.73. The minimum Gasteiger partial charge on any atom is -0.481 e. The van der Waals surface area contributed by atoms with Crippen molar-refractivity contribution in [1.82, 2.24) is 4.90 Å². The Bertz CT molecular complexity index is 518. The third kappa shape index (κ3) is 2.67. The minimum atomic E-state index is -1.25. The van der Waals surface area contributed by atoms with E-state index in [1.54, 1.807) is 44.2 Å². The Kier molecular flexibility index (Phi) is 3.56. The van der Waals surface area contributed by atoms with Crippen molar-refractivity contribution in [2.24, 2.45) is 0 Å². The number of rotatable bonds is 4. The fourth-order valence-electron chi connectivity index (χ4n) is 2.47. The highest BCUT2D eigenvalue weighted by Crippen LogP contribution is 2.31. The van der Waals surface area contributed by atoms with Crippen molar-refractivity contribution in [2.45, 2.75) is 31.3 Å². The molecule has 5 nitrogen and oxygen atoms in total. The minimum absolute atomic E-state index is 0.109. The molecule has 2 N–H and O–H groups in total. The molecule has 1 amide bonds. The second-order valence-corrected chi connectivity index (χ2v) is 5.93. The quantitative estimate of drug-likeness (QED) is 0.861. The molecule has 1 aromatic rings. The first-order valence-electron chi connectivity index (χ1n) is 6.54. The van der Waals surface area contributed by atoms with Crippen LogP contribution in [-0.4, -0.2) is 45.7 Å². The van der Waals surface area contributed by atoms with Gasteiger partial charge in [0.2, 0.25) is 5.91 Å². The van der Waals surface area contributed by atoms with Crippen LogP contribution in [0.5, 0.6) is 0 Å². The van der Waals surface area contributed by atoms with Crippen molar-refractivity contribution in [3.05, 3.63) is 35.9 Å². The van der Waals surface area contributed by atoms with E-state index >= 15 is 0 Å². The lowest BCUT2D eigenvalue weighted by molar-refractivity contribution is -0.157. The predicted molar refractivity (Wildman–Crippen MR) is 73.3 cm³/mol. The average molecular weight is 277 g/mol. The topological polar surface area (TPSA) is 77.8 Å². The van der Waals surface area contributed by atoms with Gasteiger partial charge in [0.15, 0.2) is 0 Å². The molecular weight excluding hydrogens is 258 g/mol. The molecule has 1 fully saturated rings. The largest absolute Gasteiger partial charge is 0.481 e. The number of hydrogen-bond acceptors (Lipinski definition) is 3. The molecule has 0 radical (unpaired) electrons. The lowest BCUT2D eigenvalue weighted by Crippen LogP contribution is -2.62. The molecule has 108 valence electrons. The number of benzene rings is 1. The summed E-state index contributed by atoms with van der Waals surface area (Å²) in [5.74, 6) is -1.27. The summed E-state index contributed by atoms with van der Waals surface area (Å²) < 4.78 is 0. The van der Waals surface area contributed by atoms with E-state index in [4.69, 9.17) is 0 Å². The number of aliphatic carboxylic acids is 1. The van der Waals surface area contributed by atoms with E-state index in [2.05, 4.69) is 0 Å². The van der Waals surface area contributed by atoms with Crippen molar-refractivity contribution < 1.29 is 19.8 Å². The fraction of sp³-hybridized carbons (Fsp3) is 0.467. The predicted octanol–water partition coefficient (Wildman–Crippen LogP) is 1.01. The Morgan fingerprint density at radius 3 is 2.30 bits per heavy atom. The number of β-amino-alcohol motifs (C(OH)–C–C–N with tert-alkyl or cyclic N) is 1. The van der Waals surface area contributed by atoms with Crippen LogP contribution in [0, 0.1) is 0 Å². The lowest BCUT2D eigenvalue weighted by atomic mass is 9.78. The summed E-state index contributed by atoms with van der Waals surface area (Å²) in [7, 11) is 0. The van der Waals surface area contributed by atoms with E-state index in [9.17, 15) is 19.8 Å². The van der Waals surface area contributed by atoms with Gasteiger partial charge in [-0.3, -0.25) is 9.59 Å². The van der Waals surface area contributed by atoms with Crippen molar-refractivity contribution in [1.29, 1.82) is 0 Å². The van der Waals surface area contributed by atoms with Gasteiger partial charge in [-0.05, 0) is 19.4 Å². The van der Waals surface area contributed by atoms with Crippen LogP contribution in [-0.2, 0) is 15.0 Å². The molecule has 1 unspecified atom stereocenters. The van der Waals surface area contributed by atoms with Gasteiger partial charge in [0.1, 0.15) is 0 Å². The molecule has 1 aliphatic rings. The van der Waals surface area contributed by atoms with Gasteiger partial charge in [-0.15, -0.1) is 0 Å². The van der Waals surface area contributed by atoms with E-state index in [1.807, 2.05) is 0 Å². The molecule has 1 aromatic carbocycles. The molecule has 2 rings (SSSR count). The molecule has 5 heteroatoms. The van der Waals surface area contributed by atoms with Crippen LogP contribution < -0.4 is 0 Å². The van der Waals surface area contributed by atoms with Crippen LogP contribution in [0.25, 0.3) is 0 Å². The molecule has 0 spiro atoms. The molecule has 0 bridgehead atoms. The van der Waals surface area contributed by atoms with Crippen LogP contribution in [0.15, 0.2) is 30.3 Å². The van der Waals surface area contributed by atoms with Gasteiger partial charge in [0.25, 0.3) is 0 Å². The van der Waals surface area contributed by atoms with E-state index in [0.29, 0.717) is 5.56 Å². The third-order valence-corrected chi connectivity index (χ3v) is 3.80. The van der Waals surface area contributed by atoms with Crippen molar-refractivity contribution in [3.8, 4) is 0 Å². The first-order chi connectivity index (χ1) is 9.24. The molecule has 1 atom stereocenters. The van der Waals surface area contributed by atoms with E-state index in [0.717, 1.165) is 0 Å². The van der Waals surface area contributed by atoms with Crippen LogP contribution in [0.2, 0.25) is 0 Å². The molecule has 0 aliphatic carbocycles. The van der Waals surface area contributed by atoms with Gasteiger partial charge in [0, 0.05) is 6.42 Å². The number of likely N-dealkylation sites (tertiary alicyclic amines) is 1. The molecule has 0 saturated carbocycles. The Balaban J connectivity index is 2.15. The average Bonchev–Trinajstić information content (AvgIpc) is 2.36. The van der Waals surface area contributed by atoms with Gasteiger partial charge in [-0.1, -0.05) is 30.3 Å². The van der Waals surface area contributed by atoms with Gasteiger partial charge < -0.3 is 15.1 Å². The van der Waals surface area contributed by atoms with Gasteiger partial charge >= 0.3 is 5.97 Å². The number of nitrogens with zero attached hydrogens (tertiary/aromatic N) is 1. The fourth-order valence-corrected chi connectivity index (χ4v) is 2.47. The molecule has 20 heavy (non-hydrogen) atoms. The maximum absolute atomic E-state index is 12.2. The Morgan fingerprint density at radius 2 is 1.85 bits per heavy atom. The highest BCUT2D eigenvalue weighted by atomic mass is 16.4. The van der Waals surface area contributed by atoms with Crippen LogP contribution in [0.3, 0.4) is 0 Å². The van der Waals surface area contributed by atoms with E-state index < -0.39 is 17.0 Å². The van der Waals surface area contributed by atoms with E-state index in [1.165, 1.54) is 4.90 Å². The molecule has 0 aromatic heterocycles. The summed E-state index contributed by atoms with van der Waals surface area (Å²) in [6.07, 6.45) is -0.109. The van der Waals surface area contributed by atoms with Gasteiger partial charge in [-0.2, -0.15) is 0 Å². The second-order valence-electron chi connectivity index (χ2n) is 5.93. The number of aliphatic hydroxyl groups is 1. The maximum atomic E-state index is 12.2. The number of hydrogen-bond donors (Lipinski definition) is 2. The normalized spacial score (nSPS) is 19.9. The lowest BCUT2D eigenvalue weighted by Gasteiger charge is -2.45. The standard InChI is InChI=1S/C15H19NO4/c1-14(20)9-16(10-14)12(17)8-15(2,13(18)19)11-6-4-3-5-7-11/h3-7,20H,8-10H2,1-2H3,(H,18,19). The summed E-state index contributed by atoms with van der Waals surface area (Å²) in [5, 5.41) is 19.1. The maximum Gasteiger partial charge on any atom is 0.314 e. The molecule has 1 aliphatic heterocycles. The SMILES string of the molecule is CC1(O)CN(C(=O)CC(C)(C(=O)O)c2ccccc2)C1. The summed E-state index contributed by atoms with van der Waals surface area (Å²) in [6, 6.07) is 8.76. The van der Waals surface area contributed by atoms with Crippen LogP contribution in [0.4, 0.5) is 0 Å². The third-order valence-electron chi connectivity index (χ3n) is 3.80. The molecule has 1 heterocycles. The summed E-state index contributed by atoms with van der Waals surface area (Å²) in [5.41, 5.74) is -1.49. The Morgan fingerprint density at radius 1 is 1.30 bits per heavy atom. The van der Waals surface area contributed by atoms with Crippen LogP contribution >= 0.6 is 0 Å². The van der Waals surface area contributed by atoms with E-state index in [-0.39, 0.29) is 25.4 Å². The summed E-state index contributed by atoms with van der Waals surface area (Å²) in [4.78, 5) is 25.2. The number of amides is 1. The monoisotopic (exact) mass is 277 g/mol. The van der Waals surface area contributed by atoms with Crippen molar-refractivity contribution in [2.75, 3.05) is 13.1 Å². The zero-order valence-corrected chi connectivity index (χ0v) is 11.7.